The fourth-order valence-corrected chi connectivity index (χ4v) is 2.87. The van der Waals surface area contributed by atoms with Gasteiger partial charge in [0.15, 0.2) is 0 Å². The molecule has 0 atom stereocenters. The van der Waals surface area contributed by atoms with Crippen LogP contribution in [0.15, 0.2) is 85.1 Å². The quantitative estimate of drug-likeness (QED) is 0.530. The molecule has 0 saturated heterocycles. The fraction of sp³-hybridized carbons (Fsp3) is 0.0435. The predicted molar refractivity (Wildman–Crippen MR) is 106 cm³/mol. The minimum absolute atomic E-state index is 0.227. The molecule has 1 aromatic heterocycles. The Morgan fingerprint density at radius 2 is 1.79 bits per heavy atom. The molecule has 3 aromatic carbocycles. The molecule has 138 valence electrons. The van der Waals surface area contributed by atoms with E-state index in [-0.39, 0.29) is 11.7 Å². The molecule has 4 nitrogen and oxygen atoms in total. The van der Waals surface area contributed by atoms with Crippen LogP contribution in [0.4, 0.5) is 4.39 Å². The largest absolute Gasteiger partial charge is 0.457 e. The Morgan fingerprint density at radius 1 is 0.964 bits per heavy atom. The molecule has 4 aromatic rings. The maximum absolute atomic E-state index is 13.0. The van der Waals surface area contributed by atoms with E-state index < -0.39 is 0 Å². The average Bonchev–Trinajstić information content (AvgIpc) is 2.74. The summed E-state index contributed by atoms with van der Waals surface area (Å²) in [6.07, 6.45) is 1.69. The highest BCUT2D eigenvalue weighted by Crippen LogP contribution is 2.28. The Kier molecular flexibility index (Phi) is 4.97. The van der Waals surface area contributed by atoms with Gasteiger partial charge in [-0.1, -0.05) is 30.3 Å². The topological polar surface area (TPSA) is 51.2 Å². The monoisotopic (exact) mass is 372 g/mol. The van der Waals surface area contributed by atoms with Crippen molar-refractivity contribution in [2.24, 2.45) is 0 Å². The van der Waals surface area contributed by atoms with E-state index in [0.29, 0.717) is 23.6 Å². The highest BCUT2D eigenvalue weighted by Gasteiger charge is 2.09. The molecular formula is C23H17FN2O2. The van der Waals surface area contributed by atoms with E-state index in [2.05, 4.69) is 10.3 Å². The molecule has 0 radical (unpaired) electrons. The molecule has 0 aliphatic rings. The number of ether oxygens (including phenoxy) is 1. The SMILES string of the molecule is O=C(NCc1ccc(F)cc1)c1cccc(Oc2ccnc3ccccc23)c1. The summed E-state index contributed by atoms with van der Waals surface area (Å²) in [5, 5.41) is 3.73. The lowest BCUT2D eigenvalue weighted by Crippen LogP contribution is -2.22. The number of aromatic nitrogens is 1. The molecule has 0 unspecified atom stereocenters. The van der Waals surface area contributed by atoms with Crippen LogP contribution in [0, 0.1) is 5.82 Å². The second-order valence-electron chi connectivity index (χ2n) is 6.27. The summed E-state index contributed by atoms with van der Waals surface area (Å²) in [5.74, 6) is 0.707. The van der Waals surface area contributed by atoms with Gasteiger partial charge in [-0.15, -0.1) is 0 Å². The summed E-state index contributed by atoms with van der Waals surface area (Å²) in [7, 11) is 0. The lowest BCUT2D eigenvalue weighted by atomic mass is 10.1. The van der Waals surface area contributed by atoms with Crippen LogP contribution in [-0.2, 0) is 6.54 Å². The zero-order chi connectivity index (χ0) is 19.3. The molecule has 1 heterocycles. The van der Waals surface area contributed by atoms with E-state index in [1.54, 1.807) is 48.7 Å². The number of fused-ring (bicyclic) bond motifs is 1. The molecule has 0 saturated carbocycles. The Morgan fingerprint density at radius 3 is 2.64 bits per heavy atom. The Hall–Kier alpha value is -3.73. The fourth-order valence-electron chi connectivity index (χ4n) is 2.87. The van der Waals surface area contributed by atoms with Gasteiger partial charge in [0.1, 0.15) is 17.3 Å². The Bertz CT molecular complexity index is 1120. The summed E-state index contributed by atoms with van der Waals surface area (Å²) in [4.78, 5) is 16.8. The van der Waals surface area contributed by atoms with Crippen molar-refractivity contribution in [3.8, 4) is 11.5 Å². The maximum atomic E-state index is 13.0. The van der Waals surface area contributed by atoms with Crippen molar-refractivity contribution in [1.82, 2.24) is 10.3 Å². The van der Waals surface area contributed by atoms with Gasteiger partial charge in [0, 0.05) is 23.7 Å². The van der Waals surface area contributed by atoms with Gasteiger partial charge in [0.25, 0.3) is 5.91 Å². The van der Waals surface area contributed by atoms with E-state index in [1.807, 2.05) is 24.3 Å². The summed E-state index contributed by atoms with van der Waals surface area (Å²) in [6, 6.07) is 22.5. The normalized spacial score (nSPS) is 10.6. The molecule has 1 N–H and O–H groups in total. The number of rotatable bonds is 5. The number of amides is 1. The van der Waals surface area contributed by atoms with Gasteiger partial charge >= 0.3 is 0 Å². The van der Waals surface area contributed by atoms with Crippen LogP contribution in [0.25, 0.3) is 10.9 Å². The second-order valence-corrected chi connectivity index (χ2v) is 6.27. The summed E-state index contributed by atoms with van der Waals surface area (Å²) < 4.78 is 19.0. The molecule has 28 heavy (non-hydrogen) atoms. The third-order valence-corrected chi connectivity index (χ3v) is 4.30. The number of para-hydroxylation sites is 1. The highest BCUT2D eigenvalue weighted by molar-refractivity contribution is 5.94. The van der Waals surface area contributed by atoms with Crippen LogP contribution >= 0.6 is 0 Å². The molecule has 0 spiro atoms. The Balaban J connectivity index is 1.49. The smallest absolute Gasteiger partial charge is 0.251 e. The minimum Gasteiger partial charge on any atom is -0.457 e. The van der Waals surface area contributed by atoms with Crippen LogP contribution in [0.2, 0.25) is 0 Å². The zero-order valence-corrected chi connectivity index (χ0v) is 14.9. The molecule has 4 rings (SSSR count). The van der Waals surface area contributed by atoms with E-state index in [0.717, 1.165) is 16.5 Å². The van der Waals surface area contributed by atoms with Crippen molar-refractivity contribution in [3.63, 3.8) is 0 Å². The van der Waals surface area contributed by atoms with Crippen molar-refractivity contribution >= 4 is 16.8 Å². The molecule has 1 amide bonds. The lowest BCUT2D eigenvalue weighted by molar-refractivity contribution is 0.0950. The molecule has 0 aliphatic heterocycles. The van der Waals surface area contributed by atoms with Gasteiger partial charge in [0.2, 0.25) is 0 Å². The van der Waals surface area contributed by atoms with Gasteiger partial charge in [-0.2, -0.15) is 0 Å². The van der Waals surface area contributed by atoms with Crippen molar-refractivity contribution in [1.29, 1.82) is 0 Å². The molecule has 5 heteroatoms. The lowest BCUT2D eigenvalue weighted by Gasteiger charge is -2.10. The van der Waals surface area contributed by atoms with E-state index in [9.17, 15) is 9.18 Å². The van der Waals surface area contributed by atoms with Gasteiger partial charge in [0.05, 0.1) is 5.52 Å². The first-order valence-corrected chi connectivity index (χ1v) is 8.83. The van der Waals surface area contributed by atoms with Crippen LogP contribution in [0.5, 0.6) is 11.5 Å². The van der Waals surface area contributed by atoms with E-state index in [1.165, 1.54) is 12.1 Å². The van der Waals surface area contributed by atoms with Crippen molar-refractivity contribution in [3.05, 3.63) is 102 Å². The summed E-state index contributed by atoms with van der Waals surface area (Å²) in [6.45, 7) is 0.319. The van der Waals surface area contributed by atoms with Gasteiger partial charge < -0.3 is 10.1 Å². The Labute approximate surface area is 161 Å². The second kappa shape index (κ2) is 7.88. The van der Waals surface area contributed by atoms with Gasteiger partial charge in [-0.3, -0.25) is 9.78 Å². The van der Waals surface area contributed by atoms with E-state index >= 15 is 0 Å². The highest BCUT2D eigenvalue weighted by atomic mass is 19.1. The molecule has 0 fully saturated rings. The number of carbonyl (C=O) groups is 1. The third kappa shape index (κ3) is 3.99. The number of carbonyl (C=O) groups excluding carboxylic acids is 1. The standard InChI is InChI=1S/C23H17FN2O2/c24-18-10-8-16(9-11-18)15-26-23(27)17-4-3-5-19(14-17)28-22-12-13-25-21-7-2-1-6-20(21)22/h1-14H,15H2,(H,26,27). The van der Waals surface area contributed by atoms with Crippen LogP contribution in [0.1, 0.15) is 15.9 Å². The third-order valence-electron chi connectivity index (χ3n) is 4.30. The number of pyridine rings is 1. The van der Waals surface area contributed by atoms with Gasteiger partial charge in [-0.25, -0.2) is 4.39 Å². The number of benzene rings is 3. The summed E-state index contributed by atoms with van der Waals surface area (Å²) in [5.41, 5.74) is 2.15. The zero-order valence-electron chi connectivity index (χ0n) is 14.9. The molecular weight excluding hydrogens is 355 g/mol. The molecule has 0 bridgehead atoms. The van der Waals surface area contributed by atoms with Crippen molar-refractivity contribution < 1.29 is 13.9 Å². The molecule has 0 aliphatic carbocycles. The van der Waals surface area contributed by atoms with E-state index in [4.69, 9.17) is 4.74 Å². The van der Waals surface area contributed by atoms with Crippen LogP contribution < -0.4 is 10.1 Å². The first-order chi connectivity index (χ1) is 13.7. The number of hydrogen-bond acceptors (Lipinski definition) is 3. The number of halogens is 1. The number of nitrogens with zero attached hydrogens (tertiary/aromatic N) is 1. The van der Waals surface area contributed by atoms with Crippen LogP contribution in [0.3, 0.4) is 0 Å². The number of nitrogens with one attached hydrogen (secondary N) is 1. The minimum atomic E-state index is -0.302. The van der Waals surface area contributed by atoms with Crippen LogP contribution in [-0.4, -0.2) is 10.9 Å². The number of hydrogen-bond donors (Lipinski definition) is 1. The maximum Gasteiger partial charge on any atom is 0.251 e. The van der Waals surface area contributed by atoms with Crippen molar-refractivity contribution in [2.45, 2.75) is 6.54 Å². The van der Waals surface area contributed by atoms with Crippen molar-refractivity contribution in [2.75, 3.05) is 0 Å². The average molecular weight is 372 g/mol. The first kappa shape index (κ1) is 17.7. The predicted octanol–water partition coefficient (Wildman–Crippen LogP) is 5.10. The summed E-state index contributed by atoms with van der Waals surface area (Å²) >= 11 is 0. The van der Waals surface area contributed by atoms with Gasteiger partial charge in [-0.05, 0) is 54.1 Å². The first-order valence-electron chi connectivity index (χ1n) is 8.83.